The SMILES string of the molecule is COc1cc(OC(F)(F)F)ccc1-c1ccn2ncc(C(F)(F)F)c2c1.N#CC1(c2ccc(-c3ccn4ncc(C(F)(F)F)c4c3)cc2)CC1. The first-order chi connectivity index (χ1) is 23.5. The summed E-state index contributed by atoms with van der Waals surface area (Å²) in [5, 5.41) is 16.6. The Bertz CT molecular complexity index is 2220. The summed E-state index contributed by atoms with van der Waals surface area (Å²) in [5.74, 6) is -0.483. The van der Waals surface area contributed by atoms with E-state index in [-0.39, 0.29) is 22.2 Å². The van der Waals surface area contributed by atoms with Crippen molar-refractivity contribution < 1.29 is 49.0 Å². The van der Waals surface area contributed by atoms with Crippen LogP contribution < -0.4 is 9.47 Å². The number of hydrogen-bond acceptors (Lipinski definition) is 5. The van der Waals surface area contributed by atoms with Gasteiger partial charge in [0.25, 0.3) is 0 Å². The number of methoxy groups -OCH3 is 1. The van der Waals surface area contributed by atoms with E-state index in [1.54, 1.807) is 6.07 Å². The fraction of sp³-hybridized carbons (Fsp3) is 0.206. The van der Waals surface area contributed by atoms with Gasteiger partial charge < -0.3 is 9.47 Å². The summed E-state index contributed by atoms with van der Waals surface area (Å²) in [4.78, 5) is 0. The van der Waals surface area contributed by atoms with Gasteiger partial charge in [0.05, 0.1) is 42.0 Å². The van der Waals surface area contributed by atoms with Crippen LogP contribution >= 0.6 is 0 Å². The van der Waals surface area contributed by atoms with E-state index in [1.807, 2.05) is 24.3 Å². The highest BCUT2D eigenvalue weighted by Crippen LogP contribution is 2.48. The monoisotopic (exact) mass is 703 g/mol. The lowest BCUT2D eigenvalue weighted by molar-refractivity contribution is -0.274. The predicted octanol–water partition coefficient (Wildman–Crippen LogP) is 9.50. The van der Waals surface area contributed by atoms with E-state index in [0.717, 1.165) is 46.8 Å². The fourth-order valence-corrected chi connectivity index (χ4v) is 5.42. The molecule has 4 heterocycles. The van der Waals surface area contributed by atoms with Gasteiger partial charge in [-0.25, -0.2) is 9.03 Å². The van der Waals surface area contributed by atoms with Crippen LogP contribution in [-0.4, -0.2) is 32.7 Å². The Balaban J connectivity index is 0.000000173. The molecule has 4 aromatic heterocycles. The molecule has 258 valence electrons. The smallest absolute Gasteiger partial charge is 0.496 e. The van der Waals surface area contributed by atoms with Crippen molar-refractivity contribution in [2.75, 3.05) is 7.11 Å². The molecule has 7 rings (SSSR count). The van der Waals surface area contributed by atoms with Gasteiger partial charge in [-0.3, -0.25) is 0 Å². The summed E-state index contributed by atoms with van der Waals surface area (Å²) in [6, 6.07) is 19.1. The Hall–Kier alpha value is -5.72. The molecule has 0 unspecified atom stereocenters. The van der Waals surface area contributed by atoms with Gasteiger partial charge in [-0.15, -0.1) is 13.2 Å². The number of halogens is 9. The van der Waals surface area contributed by atoms with E-state index in [2.05, 4.69) is 21.0 Å². The average Bonchev–Trinajstić information content (AvgIpc) is 3.53. The largest absolute Gasteiger partial charge is 0.573 e. The molecule has 6 aromatic rings. The average molecular weight is 704 g/mol. The van der Waals surface area contributed by atoms with E-state index in [1.165, 1.54) is 48.3 Å². The van der Waals surface area contributed by atoms with E-state index in [4.69, 9.17) is 4.74 Å². The highest BCUT2D eigenvalue weighted by molar-refractivity contribution is 5.76. The van der Waals surface area contributed by atoms with Crippen molar-refractivity contribution in [3.05, 3.63) is 108 Å². The summed E-state index contributed by atoms with van der Waals surface area (Å²) in [5.41, 5.74) is 0.890. The Kier molecular flexibility index (Phi) is 8.41. The second kappa shape index (κ2) is 12.3. The standard InChI is InChI=1S/C18H12F3N3.C16H10F6N2O2/c19-18(20,21)15-10-23-24-8-5-13(9-16(15)24)12-1-3-14(4-2-12)17(11-22)6-7-17;1-25-14-7-10(26-16(20,21)22)2-3-11(14)9-4-5-24-13(6-9)12(8-23-24)15(17,18)19/h1-5,8-10H,6-7H2;2-8H,1H3. The fourth-order valence-electron chi connectivity index (χ4n) is 5.42. The minimum atomic E-state index is -4.87. The summed E-state index contributed by atoms with van der Waals surface area (Å²) in [7, 11) is 1.23. The van der Waals surface area contributed by atoms with E-state index in [9.17, 15) is 44.8 Å². The third-order valence-corrected chi connectivity index (χ3v) is 8.11. The second-order valence-electron chi connectivity index (χ2n) is 11.3. The van der Waals surface area contributed by atoms with Crippen LogP contribution in [0.5, 0.6) is 11.5 Å². The van der Waals surface area contributed by atoms with Crippen molar-refractivity contribution in [3.63, 3.8) is 0 Å². The van der Waals surface area contributed by atoms with Crippen molar-refractivity contribution in [2.45, 2.75) is 37.0 Å². The molecule has 0 atom stereocenters. The number of pyridine rings is 2. The molecule has 7 nitrogen and oxygen atoms in total. The molecule has 0 bridgehead atoms. The third kappa shape index (κ3) is 6.89. The molecule has 1 fully saturated rings. The quantitative estimate of drug-likeness (QED) is 0.167. The number of rotatable bonds is 5. The van der Waals surface area contributed by atoms with Crippen LogP contribution in [0, 0.1) is 11.3 Å². The Morgan fingerprint density at radius 1 is 0.700 bits per heavy atom. The molecule has 0 spiro atoms. The molecular weight excluding hydrogens is 681 g/mol. The highest BCUT2D eigenvalue weighted by Gasteiger charge is 2.44. The lowest BCUT2D eigenvalue weighted by Crippen LogP contribution is -2.17. The second-order valence-corrected chi connectivity index (χ2v) is 11.3. The number of benzene rings is 2. The van der Waals surface area contributed by atoms with E-state index >= 15 is 0 Å². The maximum atomic E-state index is 13.0. The first-order valence-corrected chi connectivity index (χ1v) is 14.6. The molecule has 1 saturated carbocycles. The molecule has 16 heteroatoms. The van der Waals surface area contributed by atoms with E-state index < -0.39 is 35.6 Å². The Morgan fingerprint density at radius 2 is 1.24 bits per heavy atom. The lowest BCUT2D eigenvalue weighted by atomic mass is 9.95. The van der Waals surface area contributed by atoms with Crippen LogP contribution in [0.4, 0.5) is 39.5 Å². The number of hydrogen-bond donors (Lipinski definition) is 0. The molecule has 0 saturated heterocycles. The minimum Gasteiger partial charge on any atom is -0.496 e. The van der Waals surface area contributed by atoms with E-state index in [0.29, 0.717) is 22.9 Å². The first kappa shape index (κ1) is 34.2. The topological polar surface area (TPSA) is 76.9 Å². The molecule has 1 aliphatic carbocycles. The maximum absolute atomic E-state index is 13.0. The third-order valence-electron chi connectivity index (χ3n) is 8.11. The highest BCUT2D eigenvalue weighted by atomic mass is 19.4. The van der Waals surface area contributed by atoms with Gasteiger partial charge in [0, 0.05) is 24.0 Å². The molecule has 2 aromatic carbocycles. The Morgan fingerprint density at radius 3 is 1.72 bits per heavy atom. The maximum Gasteiger partial charge on any atom is 0.573 e. The minimum absolute atomic E-state index is 0.0178. The van der Waals surface area contributed by atoms with Gasteiger partial charge in [0.2, 0.25) is 0 Å². The van der Waals surface area contributed by atoms with Crippen LogP contribution in [0.1, 0.15) is 29.5 Å². The summed E-state index contributed by atoms with van der Waals surface area (Å²) in [6.07, 6.45) is -7.79. The summed E-state index contributed by atoms with van der Waals surface area (Å²) in [6.45, 7) is 0. The van der Waals surface area contributed by atoms with Crippen molar-refractivity contribution in [1.29, 1.82) is 5.26 Å². The molecular formula is C34H22F9N5O2. The van der Waals surface area contributed by atoms with Gasteiger partial charge in [0.1, 0.15) is 22.6 Å². The number of aromatic nitrogens is 4. The number of nitriles is 1. The lowest BCUT2D eigenvalue weighted by Gasteiger charge is -2.13. The van der Waals surface area contributed by atoms with Gasteiger partial charge in [-0.1, -0.05) is 24.3 Å². The normalized spacial score (nSPS) is 14.2. The van der Waals surface area contributed by atoms with Crippen molar-refractivity contribution in [3.8, 4) is 39.8 Å². The predicted molar refractivity (Wildman–Crippen MR) is 161 cm³/mol. The van der Waals surface area contributed by atoms with Crippen molar-refractivity contribution in [2.24, 2.45) is 0 Å². The molecule has 0 amide bonds. The van der Waals surface area contributed by atoms with Gasteiger partial charge in [-0.2, -0.15) is 41.8 Å². The van der Waals surface area contributed by atoms with Crippen molar-refractivity contribution >= 4 is 11.0 Å². The zero-order valence-corrected chi connectivity index (χ0v) is 25.5. The molecule has 50 heavy (non-hydrogen) atoms. The summed E-state index contributed by atoms with van der Waals surface area (Å²) >= 11 is 0. The summed E-state index contributed by atoms with van der Waals surface area (Å²) < 4.78 is 126. The van der Waals surface area contributed by atoms with Gasteiger partial charge in [0.15, 0.2) is 0 Å². The first-order valence-electron chi connectivity index (χ1n) is 14.6. The van der Waals surface area contributed by atoms with Crippen LogP contribution in [0.3, 0.4) is 0 Å². The number of nitrogens with zero attached hydrogens (tertiary/aromatic N) is 5. The molecule has 0 radical (unpaired) electrons. The van der Waals surface area contributed by atoms with Crippen LogP contribution in [0.25, 0.3) is 33.3 Å². The number of alkyl halides is 9. The van der Waals surface area contributed by atoms with Gasteiger partial charge >= 0.3 is 18.7 Å². The zero-order chi connectivity index (χ0) is 36.1. The van der Waals surface area contributed by atoms with Crippen molar-refractivity contribution in [1.82, 2.24) is 19.2 Å². The van der Waals surface area contributed by atoms with Gasteiger partial charge in [-0.05, 0) is 71.5 Å². The zero-order valence-electron chi connectivity index (χ0n) is 25.5. The van der Waals surface area contributed by atoms with Crippen LogP contribution in [0.2, 0.25) is 0 Å². The van der Waals surface area contributed by atoms with Crippen LogP contribution in [0.15, 0.2) is 91.5 Å². The Labute approximate surface area is 276 Å². The molecule has 0 aliphatic heterocycles. The van der Waals surface area contributed by atoms with Crippen LogP contribution in [-0.2, 0) is 17.8 Å². The molecule has 0 N–H and O–H groups in total. The molecule has 1 aliphatic rings. The number of fused-ring (bicyclic) bond motifs is 2. The number of ether oxygens (including phenoxy) is 2.